The minimum absolute atomic E-state index is 0. The highest BCUT2D eigenvalue weighted by Crippen LogP contribution is 2.40. The summed E-state index contributed by atoms with van der Waals surface area (Å²) in [5.74, 6) is -4.01. The fourth-order valence-corrected chi connectivity index (χ4v) is 1.68. The lowest BCUT2D eigenvalue weighted by atomic mass is 10.3. The van der Waals surface area contributed by atoms with Crippen LogP contribution < -0.4 is 11.1 Å². The van der Waals surface area contributed by atoms with Gasteiger partial charge in [-0.2, -0.15) is 0 Å². The number of halogens is 2. The summed E-state index contributed by atoms with van der Waals surface area (Å²) in [5.41, 5.74) is 5.85. The Kier molecular flexibility index (Phi) is 16.1. The summed E-state index contributed by atoms with van der Waals surface area (Å²) in [7, 11) is -2.87. The Hall–Kier alpha value is -0.770. The average molecular weight is 394 g/mol. The molecule has 0 aliphatic heterocycles. The van der Waals surface area contributed by atoms with Crippen molar-refractivity contribution < 1.29 is 29.4 Å². The number of aliphatic hydroxyl groups excluding tert-OH is 1. The molecular formula is C11H22Cl2N3O6P. The molecule has 2 unspecified atom stereocenters. The second-order valence-electron chi connectivity index (χ2n) is 4.04. The monoisotopic (exact) mass is 393 g/mol. The molecule has 1 aromatic rings. The molecule has 0 amide bonds. The van der Waals surface area contributed by atoms with Gasteiger partial charge in [0.1, 0.15) is 6.04 Å². The summed E-state index contributed by atoms with van der Waals surface area (Å²) in [4.78, 5) is 30.6. The van der Waals surface area contributed by atoms with E-state index in [1.54, 1.807) is 0 Å². The molecule has 2 atom stereocenters. The molecule has 7 N–H and O–H groups in total. The number of nitrogens with two attached hydrogens (primary N) is 1. The van der Waals surface area contributed by atoms with Crippen molar-refractivity contribution in [3.05, 3.63) is 30.1 Å². The predicted octanol–water partition coefficient (Wildman–Crippen LogP) is -0.419. The lowest BCUT2D eigenvalue weighted by Gasteiger charge is -2.15. The molecule has 0 fully saturated rings. The number of rotatable bonds is 6. The number of likely N-dealkylation sites (N-methyl/N-ethyl adjacent to an activating group) is 1. The number of nitrogens with zero attached hydrogens (tertiary/aromatic N) is 1. The van der Waals surface area contributed by atoms with E-state index in [0.717, 1.165) is 18.7 Å². The van der Waals surface area contributed by atoms with E-state index in [2.05, 4.69) is 10.3 Å². The standard InChI is InChI=1S/C8H12N2.C3H8NO6P.2ClH/c1-9-7-5-8-4-2-3-6-10-8;4-1(2(5)6)3(7)11(8,9)10;;/h2-4,6,9H,5,7H2,1H3;1,3,7H,4H2,(H,5,6)(H2,8,9,10);2*1H. The number of nitrogens with one attached hydrogen (secondary N) is 1. The van der Waals surface area contributed by atoms with Gasteiger partial charge in [-0.3, -0.25) is 14.3 Å². The maximum atomic E-state index is 10.2. The third kappa shape index (κ3) is 12.3. The van der Waals surface area contributed by atoms with Crippen LogP contribution in [0.4, 0.5) is 0 Å². The number of hydrogen-bond acceptors (Lipinski definition) is 6. The van der Waals surface area contributed by atoms with E-state index >= 15 is 0 Å². The summed E-state index contributed by atoms with van der Waals surface area (Å²) >= 11 is 0. The van der Waals surface area contributed by atoms with Crippen molar-refractivity contribution in [2.75, 3.05) is 13.6 Å². The van der Waals surface area contributed by atoms with E-state index in [1.807, 2.05) is 31.4 Å². The van der Waals surface area contributed by atoms with Crippen LogP contribution in [0.25, 0.3) is 0 Å². The van der Waals surface area contributed by atoms with Crippen LogP contribution in [0.15, 0.2) is 24.4 Å². The van der Waals surface area contributed by atoms with Crippen molar-refractivity contribution >= 4 is 38.4 Å². The molecule has 0 aliphatic rings. The third-order valence-corrected chi connectivity index (χ3v) is 3.32. The molecule has 136 valence electrons. The molecule has 0 aliphatic carbocycles. The fourth-order valence-electron chi connectivity index (χ4n) is 1.14. The summed E-state index contributed by atoms with van der Waals surface area (Å²) in [6.45, 7) is 0.997. The molecule has 1 heterocycles. The van der Waals surface area contributed by atoms with Gasteiger partial charge in [0.25, 0.3) is 0 Å². The Morgan fingerprint density at radius 1 is 1.39 bits per heavy atom. The highest BCUT2D eigenvalue weighted by molar-refractivity contribution is 7.52. The van der Waals surface area contributed by atoms with Crippen LogP contribution in [0.2, 0.25) is 0 Å². The normalized spacial score (nSPS) is 12.6. The second-order valence-corrected chi connectivity index (χ2v) is 5.75. The molecule has 0 radical (unpaired) electrons. The summed E-state index contributed by atoms with van der Waals surface area (Å²) in [6.07, 6.45) is 2.84. The molecule has 9 nitrogen and oxygen atoms in total. The van der Waals surface area contributed by atoms with Crippen LogP contribution in [0, 0.1) is 0 Å². The Labute approximate surface area is 146 Å². The number of aromatic nitrogens is 1. The largest absolute Gasteiger partial charge is 0.480 e. The van der Waals surface area contributed by atoms with Crippen LogP contribution in [0.1, 0.15) is 5.69 Å². The molecule has 1 rings (SSSR count). The van der Waals surface area contributed by atoms with E-state index in [4.69, 9.17) is 25.7 Å². The van der Waals surface area contributed by atoms with Crippen LogP contribution in [0.5, 0.6) is 0 Å². The molecule has 23 heavy (non-hydrogen) atoms. The van der Waals surface area contributed by atoms with Crippen LogP contribution in [-0.4, -0.2) is 56.4 Å². The first-order valence-corrected chi connectivity index (χ1v) is 7.64. The molecule has 0 aromatic carbocycles. The van der Waals surface area contributed by atoms with E-state index in [-0.39, 0.29) is 24.8 Å². The zero-order valence-electron chi connectivity index (χ0n) is 12.3. The molecule has 0 saturated carbocycles. The molecule has 0 bridgehead atoms. The van der Waals surface area contributed by atoms with Gasteiger partial charge in [-0.15, -0.1) is 24.8 Å². The van der Waals surface area contributed by atoms with Crippen LogP contribution >= 0.6 is 32.4 Å². The first kappa shape index (κ1) is 27.1. The van der Waals surface area contributed by atoms with Gasteiger partial charge in [-0.1, -0.05) is 6.07 Å². The lowest BCUT2D eigenvalue weighted by molar-refractivity contribution is -0.140. The molecule has 1 aromatic heterocycles. The summed E-state index contributed by atoms with van der Waals surface area (Å²) in [5, 5.41) is 19.7. The van der Waals surface area contributed by atoms with Gasteiger partial charge < -0.3 is 31.1 Å². The molecular weight excluding hydrogens is 372 g/mol. The Morgan fingerprint density at radius 3 is 2.26 bits per heavy atom. The molecule has 0 spiro atoms. The van der Waals surface area contributed by atoms with Crippen molar-refractivity contribution in [1.29, 1.82) is 0 Å². The number of aliphatic carboxylic acids is 1. The summed E-state index contributed by atoms with van der Waals surface area (Å²) < 4.78 is 10.2. The zero-order valence-corrected chi connectivity index (χ0v) is 14.8. The minimum Gasteiger partial charge on any atom is -0.480 e. The highest BCUT2D eigenvalue weighted by atomic mass is 35.5. The first-order chi connectivity index (χ1) is 9.70. The quantitative estimate of drug-likeness (QED) is 0.351. The number of pyridine rings is 1. The van der Waals surface area contributed by atoms with Gasteiger partial charge in [0.2, 0.25) is 0 Å². The summed E-state index contributed by atoms with van der Waals surface area (Å²) in [6, 6.07) is 4.02. The van der Waals surface area contributed by atoms with Crippen molar-refractivity contribution in [3.8, 4) is 0 Å². The number of hydrogen-bond donors (Lipinski definition) is 6. The number of carboxylic acids is 1. The first-order valence-electron chi connectivity index (χ1n) is 5.96. The fraction of sp³-hybridized carbons (Fsp3) is 0.455. The predicted molar refractivity (Wildman–Crippen MR) is 90.0 cm³/mol. The van der Waals surface area contributed by atoms with E-state index in [9.17, 15) is 9.36 Å². The van der Waals surface area contributed by atoms with E-state index in [1.165, 1.54) is 0 Å². The van der Waals surface area contributed by atoms with Gasteiger partial charge in [0.05, 0.1) is 0 Å². The van der Waals surface area contributed by atoms with Gasteiger partial charge in [0, 0.05) is 24.9 Å². The highest BCUT2D eigenvalue weighted by Gasteiger charge is 2.36. The van der Waals surface area contributed by atoms with Crippen molar-refractivity contribution in [2.24, 2.45) is 5.73 Å². The molecule has 12 heteroatoms. The van der Waals surface area contributed by atoms with Gasteiger partial charge in [-0.05, 0) is 19.2 Å². The van der Waals surface area contributed by atoms with Crippen molar-refractivity contribution in [1.82, 2.24) is 10.3 Å². The Balaban J connectivity index is -0.000000321. The maximum absolute atomic E-state index is 10.2. The van der Waals surface area contributed by atoms with Gasteiger partial charge in [0.15, 0.2) is 5.85 Å². The second kappa shape index (κ2) is 13.6. The Bertz CT molecular complexity index is 476. The van der Waals surface area contributed by atoms with Crippen molar-refractivity contribution in [2.45, 2.75) is 18.3 Å². The van der Waals surface area contributed by atoms with Gasteiger partial charge >= 0.3 is 13.6 Å². The van der Waals surface area contributed by atoms with E-state index in [0.29, 0.717) is 0 Å². The van der Waals surface area contributed by atoms with Gasteiger partial charge in [-0.25, -0.2) is 0 Å². The van der Waals surface area contributed by atoms with Crippen molar-refractivity contribution in [3.63, 3.8) is 0 Å². The van der Waals surface area contributed by atoms with Crippen LogP contribution in [-0.2, 0) is 15.8 Å². The minimum atomic E-state index is -4.82. The lowest BCUT2D eigenvalue weighted by Crippen LogP contribution is -2.41. The topological polar surface area (TPSA) is 166 Å². The smallest absolute Gasteiger partial charge is 0.356 e. The van der Waals surface area contributed by atoms with E-state index < -0.39 is 25.5 Å². The number of carboxylic acid groups (broad SMARTS) is 1. The number of carbonyl (C=O) groups is 1. The third-order valence-electron chi connectivity index (χ3n) is 2.31. The Morgan fingerprint density at radius 2 is 1.96 bits per heavy atom. The maximum Gasteiger partial charge on any atom is 0.356 e. The zero-order chi connectivity index (χ0) is 16.5. The number of aliphatic hydroxyl groups is 1. The molecule has 0 saturated heterocycles. The SMILES string of the molecule is CNCCc1ccccn1.Cl.Cl.NC(C(=O)O)C(O)P(=O)(O)O. The van der Waals surface area contributed by atoms with Crippen LogP contribution in [0.3, 0.4) is 0 Å². The average Bonchev–Trinajstić information content (AvgIpc) is 2.44.